The number of hydrogen-bond acceptors (Lipinski definition) is 7. The van der Waals surface area contributed by atoms with Gasteiger partial charge in [-0.15, -0.1) is 0 Å². The highest BCUT2D eigenvalue weighted by atomic mass is 16.5. The number of carboxylic acid groups (broad SMARTS) is 1. The van der Waals surface area contributed by atoms with Crippen molar-refractivity contribution in [3.05, 3.63) is 66.8 Å². The van der Waals surface area contributed by atoms with Crippen LogP contribution in [-0.2, 0) is 14.3 Å². The summed E-state index contributed by atoms with van der Waals surface area (Å²) < 4.78 is 15.0. The van der Waals surface area contributed by atoms with Crippen LogP contribution in [0.3, 0.4) is 0 Å². The molecule has 0 saturated carbocycles. The largest absolute Gasteiger partial charge is 0.481 e. The van der Waals surface area contributed by atoms with E-state index in [0.29, 0.717) is 32.5 Å². The molecule has 0 saturated heterocycles. The first-order chi connectivity index (χ1) is 19.9. The molecule has 1 aromatic carbocycles. The average Bonchev–Trinajstić information content (AvgIpc) is 3.63. The first kappa shape index (κ1) is 28.5. The van der Waals surface area contributed by atoms with Gasteiger partial charge in [0.2, 0.25) is 0 Å². The molecule has 2 atom stereocenters. The maximum Gasteiger partial charge on any atom is 0.306 e. The molecule has 41 heavy (non-hydrogen) atoms. The van der Waals surface area contributed by atoms with Crippen LogP contribution >= 0.6 is 0 Å². The van der Waals surface area contributed by atoms with Gasteiger partial charge < -0.3 is 19.9 Å². The van der Waals surface area contributed by atoms with Gasteiger partial charge in [-0.1, -0.05) is 38.6 Å². The van der Waals surface area contributed by atoms with Crippen molar-refractivity contribution in [2.45, 2.75) is 57.5 Å². The lowest BCUT2D eigenvalue weighted by atomic mass is 9.84. The number of benzene rings is 1. The SMILES string of the molecule is C=C1CCNc2c1c(C(C)CCC(CC)(CC(=O)O)OCCOC)nc1c(-c3cnn(-c4ccccc4)c3)cnn21. The maximum absolute atomic E-state index is 11.8. The van der Waals surface area contributed by atoms with Crippen molar-refractivity contribution < 1.29 is 19.4 Å². The first-order valence-electron chi connectivity index (χ1n) is 14.1. The van der Waals surface area contributed by atoms with Crippen LogP contribution in [0.15, 0.2) is 55.5 Å². The van der Waals surface area contributed by atoms with Crippen molar-refractivity contribution in [2.75, 3.05) is 32.2 Å². The number of aromatic nitrogens is 5. The van der Waals surface area contributed by atoms with Crippen molar-refractivity contribution in [2.24, 2.45) is 0 Å². The number of hydrogen-bond donors (Lipinski definition) is 2. The lowest BCUT2D eigenvalue weighted by molar-refractivity contribution is -0.148. The Morgan fingerprint density at radius 3 is 2.76 bits per heavy atom. The summed E-state index contributed by atoms with van der Waals surface area (Å²) in [5.74, 6) is 0.0377. The third-order valence-corrected chi connectivity index (χ3v) is 7.98. The van der Waals surface area contributed by atoms with Gasteiger partial charge >= 0.3 is 5.97 Å². The Morgan fingerprint density at radius 2 is 2.02 bits per heavy atom. The predicted molar refractivity (Wildman–Crippen MR) is 158 cm³/mol. The number of para-hydroxylation sites is 1. The van der Waals surface area contributed by atoms with Crippen LogP contribution in [0, 0.1) is 0 Å². The Kier molecular flexibility index (Phi) is 8.51. The number of fused-ring (bicyclic) bond motifs is 3. The second-order valence-electron chi connectivity index (χ2n) is 10.7. The highest BCUT2D eigenvalue weighted by molar-refractivity contribution is 5.84. The van der Waals surface area contributed by atoms with Crippen LogP contribution in [0.5, 0.6) is 0 Å². The molecular weight excluding hydrogens is 520 g/mol. The average molecular weight is 559 g/mol. The van der Waals surface area contributed by atoms with E-state index in [-0.39, 0.29) is 12.3 Å². The zero-order valence-electron chi connectivity index (χ0n) is 24.0. The summed E-state index contributed by atoms with van der Waals surface area (Å²) in [4.78, 5) is 17.0. The monoisotopic (exact) mass is 558 g/mol. The fourth-order valence-corrected chi connectivity index (χ4v) is 5.57. The number of anilines is 1. The van der Waals surface area contributed by atoms with E-state index in [2.05, 4.69) is 23.9 Å². The molecule has 0 fully saturated rings. The number of methoxy groups -OCH3 is 1. The second kappa shape index (κ2) is 12.2. The molecule has 0 spiro atoms. The topological polar surface area (TPSA) is 116 Å². The van der Waals surface area contributed by atoms with Gasteiger partial charge in [0.05, 0.1) is 49.0 Å². The number of nitrogens with one attached hydrogen (secondary N) is 1. The minimum absolute atomic E-state index is 0.0194. The normalized spacial score (nSPS) is 15.3. The second-order valence-corrected chi connectivity index (χ2v) is 10.7. The zero-order chi connectivity index (χ0) is 29.0. The van der Waals surface area contributed by atoms with E-state index in [1.807, 2.05) is 65.0 Å². The fraction of sp³-hybridized carbons (Fsp3) is 0.419. The predicted octanol–water partition coefficient (Wildman–Crippen LogP) is 5.58. The number of rotatable bonds is 13. The summed E-state index contributed by atoms with van der Waals surface area (Å²) in [6.07, 6.45) is 8.28. The molecule has 1 aliphatic heterocycles. The Morgan fingerprint density at radius 1 is 1.22 bits per heavy atom. The van der Waals surface area contributed by atoms with Gasteiger partial charge in [-0.25, -0.2) is 9.67 Å². The highest BCUT2D eigenvalue weighted by Crippen LogP contribution is 2.40. The Hall–Kier alpha value is -4.02. The molecule has 0 amide bonds. The number of carbonyl (C=O) groups is 1. The van der Waals surface area contributed by atoms with Gasteiger partial charge in [-0.2, -0.15) is 14.7 Å². The van der Waals surface area contributed by atoms with Crippen LogP contribution in [0.1, 0.15) is 63.1 Å². The minimum Gasteiger partial charge on any atom is -0.481 e. The van der Waals surface area contributed by atoms with Crippen LogP contribution in [0.25, 0.3) is 28.0 Å². The summed E-state index contributed by atoms with van der Waals surface area (Å²) >= 11 is 0. The minimum atomic E-state index is -0.869. The van der Waals surface area contributed by atoms with Gasteiger partial charge in [0.25, 0.3) is 0 Å². The number of ether oxygens (including phenoxy) is 2. The molecule has 216 valence electrons. The lowest BCUT2D eigenvalue weighted by Gasteiger charge is -2.33. The van der Waals surface area contributed by atoms with Gasteiger partial charge in [-0.3, -0.25) is 4.79 Å². The van der Waals surface area contributed by atoms with Crippen molar-refractivity contribution in [3.8, 4) is 16.8 Å². The molecule has 3 aromatic heterocycles. The molecule has 0 radical (unpaired) electrons. The molecular formula is C31H38N6O4. The number of nitrogens with zero attached hydrogens (tertiary/aromatic N) is 5. The van der Waals surface area contributed by atoms with E-state index in [1.165, 1.54) is 0 Å². The van der Waals surface area contributed by atoms with Crippen LogP contribution in [0.2, 0.25) is 0 Å². The standard InChI is InChI=1S/C31H38N6O4/c1-5-31(17-26(38)39,41-16-15-40-4)13-11-22(3)28-27-21(2)12-14-32-30(27)37-29(35-28)25(19-34-37)23-18-33-36(20-23)24-9-7-6-8-10-24/h6-10,18-20,22,32H,2,5,11-17H2,1,3-4H3,(H,38,39). The molecule has 1 aliphatic rings. The van der Waals surface area contributed by atoms with Crippen molar-refractivity contribution in [1.82, 2.24) is 24.4 Å². The van der Waals surface area contributed by atoms with Gasteiger partial charge in [0.1, 0.15) is 5.82 Å². The lowest BCUT2D eigenvalue weighted by Crippen LogP contribution is -2.36. The maximum atomic E-state index is 11.8. The van der Waals surface area contributed by atoms with E-state index in [9.17, 15) is 9.90 Å². The molecule has 0 aliphatic carbocycles. The van der Waals surface area contributed by atoms with Gasteiger partial charge in [0, 0.05) is 36.5 Å². The Labute approximate surface area is 240 Å². The van der Waals surface area contributed by atoms with Crippen LogP contribution < -0.4 is 5.32 Å². The Balaban J connectivity index is 1.51. The van der Waals surface area contributed by atoms with Crippen LogP contribution in [-0.4, -0.2) is 67.9 Å². The van der Waals surface area contributed by atoms with E-state index < -0.39 is 11.6 Å². The molecule has 10 heteroatoms. The van der Waals surface area contributed by atoms with Gasteiger partial charge in [0.15, 0.2) is 5.65 Å². The number of aliphatic carboxylic acids is 1. The first-order valence-corrected chi connectivity index (χ1v) is 14.1. The van der Waals surface area contributed by atoms with E-state index in [1.54, 1.807) is 7.11 Å². The molecule has 4 aromatic rings. The Bertz CT molecular complexity index is 1530. The molecule has 2 N–H and O–H groups in total. The van der Waals surface area contributed by atoms with Crippen molar-refractivity contribution in [1.29, 1.82) is 0 Å². The van der Waals surface area contributed by atoms with E-state index >= 15 is 0 Å². The third-order valence-electron chi connectivity index (χ3n) is 7.98. The smallest absolute Gasteiger partial charge is 0.306 e. The highest BCUT2D eigenvalue weighted by Gasteiger charge is 2.34. The quantitative estimate of drug-likeness (QED) is 0.204. The summed E-state index contributed by atoms with van der Waals surface area (Å²) in [5.41, 5.74) is 5.69. The molecule has 10 nitrogen and oxygen atoms in total. The van der Waals surface area contributed by atoms with Crippen molar-refractivity contribution >= 4 is 23.0 Å². The van der Waals surface area contributed by atoms with E-state index in [4.69, 9.17) is 19.6 Å². The summed E-state index contributed by atoms with van der Waals surface area (Å²) in [7, 11) is 1.61. The fourth-order valence-electron chi connectivity index (χ4n) is 5.57. The molecule has 2 unspecified atom stereocenters. The zero-order valence-corrected chi connectivity index (χ0v) is 24.0. The number of carboxylic acids is 1. The molecule has 5 rings (SSSR count). The summed E-state index contributed by atoms with van der Waals surface area (Å²) in [5, 5.41) is 22.5. The van der Waals surface area contributed by atoms with Gasteiger partial charge in [-0.05, 0) is 49.3 Å². The summed E-state index contributed by atoms with van der Waals surface area (Å²) in [6.45, 7) is 10.0. The molecule has 4 heterocycles. The van der Waals surface area contributed by atoms with Crippen LogP contribution in [0.4, 0.5) is 5.82 Å². The molecule has 0 bridgehead atoms. The van der Waals surface area contributed by atoms with Crippen molar-refractivity contribution in [3.63, 3.8) is 0 Å². The summed E-state index contributed by atoms with van der Waals surface area (Å²) in [6, 6.07) is 9.97. The third kappa shape index (κ3) is 5.89. The van der Waals surface area contributed by atoms with E-state index in [0.717, 1.165) is 58.1 Å².